The van der Waals surface area contributed by atoms with Crippen LogP contribution in [0.4, 0.5) is 18.9 Å². The molecule has 0 aliphatic heterocycles. The summed E-state index contributed by atoms with van der Waals surface area (Å²) < 4.78 is 39.2. The highest BCUT2D eigenvalue weighted by Gasteiger charge is 2.31. The van der Waals surface area contributed by atoms with E-state index in [9.17, 15) is 13.2 Å². The molecule has 6 heteroatoms. The Hall–Kier alpha value is -1.20. The van der Waals surface area contributed by atoms with Gasteiger partial charge in [0.25, 0.3) is 0 Å². The lowest BCUT2D eigenvalue weighted by atomic mass is 10.1. The van der Waals surface area contributed by atoms with Gasteiger partial charge in [-0.25, -0.2) is 0 Å². The van der Waals surface area contributed by atoms with Crippen molar-refractivity contribution in [1.82, 2.24) is 0 Å². The normalized spacial score (nSPS) is 13.0. The van der Waals surface area contributed by atoms with Gasteiger partial charge in [0, 0.05) is 21.2 Å². The second-order valence-corrected chi connectivity index (χ2v) is 6.00. The Morgan fingerprint density at radius 1 is 1.14 bits per heavy atom. The minimum Gasteiger partial charge on any atom is -0.378 e. The number of hydrogen-bond acceptors (Lipinski definition) is 1. The fourth-order valence-corrected chi connectivity index (χ4v) is 2.60. The Morgan fingerprint density at radius 2 is 1.86 bits per heavy atom. The van der Waals surface area contributed by atoms with Gasteiger partial charge in [-0.05, 0) is 42.8 Å². The molecule has 112 valence electrons. The molecule has 0 amide bonds. The minimum absolute atomic E-state index is 0.0498. The molecular weight excluding hydrogens is 367 g/mol. The summed E-state index contributed by atoms with van der Waals surface area (Å²) in [5.74, 6) is 0. The van der Waals surface area contributed by atoms with Gasteiger partial charge in [-0.15, -0.1) is 0 Å². The first-order valence-electron chi connectivity index (χ1n) is 6.15. The SMILES string of the molecule is CC(Nc1cc(Cl)cc(C(F)(F)F)c1)c1cccc(Br)c1. The third-order valence-electron chi connectivity index (χ3n) is 2.96. The van der Waals surface area contributed by atoms with E-state index in [1.165, 1.54) is 6.07 Å². The molecule has 0 radical (unpaired) electrons. The van der Waals surface area contributed by atoms with Crippen molar-refractivity contribution in [1.29, 1.82) is 0 Å². The zero-order valence-corrected chi connectivity index (χ0v) is 13.4. The van der Waals surface area contributed by atoms with Gasteiger partial charge in [0.15, 0.2) is 0 Å². The van der Waals surface area contributed by atoms with E-state index in [1.54, 1.807) is 0 Å². The van der Waals surface area contributed by atoms with Gasteiger partial charge < -0.3 is 5.32 Å². The Kier molecular flexibility index (Phi) is 4.84. The fourth-order valence-electron chi connectivity index (χ4n) is 1.95. The van der Waals surface area contributed by atoms with E-state index in [0.29, 0.717) is 5.69 Å². The molecule has 0 heterocycles. The number of rotatable bonds is 3. The van der Waals surface area contributed by atoms with E-state index < -0.39 is 11.7 Å². The maximum Gasteiger partial charge on any atom is 0.416 e. The molecule has 1 nitrogen and oxygen atoms in total. The van der Waals surface area contributed by atoms with Crippen LogP contribution in [0.25, 0.3) is 0 Å². The van der Waals surface area contributed by atoms with Crippen LogP contribution >= 0.6 is 27.5 Å². The zero-order chi connectivity index (χ0) is 15.6. The van der Waals surface area contributed by atoms with Gasteiger partial charge in [0.1, 0.15) is 0 Å². The highest BCUT2D eigenvalue weighted by atomic mass is 79.9. The predicted octanol–water partition coefficient (Wildman–Crippen LogP) is 6.29. The van der Waals surface area contributed by atoms with E-state index in [-0.39, 0.29) is 11.1 Å². The van der Waals surface area contributed by atoms with E-state index in [4.69, 9.17) is 11.6 Å². The Labute approximate surface area is 134 Å². The molecule has 0 fully saturated rings. The highest BCUT2D eigenvalue weighted by molar-refractivity contribution is 9.10. The number of benzene rings is 2. The highest BCUT2D eigenvalue weighted by Crippen LogP contribution is 2.34. The molecular formula is C15H12BrClF3N. The van der Waals surface area contributed by atoms with Crippen molar-refractivity contribution in [3.8, 4) is 0 Å². The van der Waals surface area contributed by atoms with Crippen LogP contribution in [-0.4, -0.2) is 0 Å². The summed E-state index contributed by atoms with van der Waals surface area (Å²) in [4.78, 5) is 0. The van der Waals surface area contributed by atoms with E-state index in [2.05, 4.69) is 21.2 Å². The quantitative estimate of drug-likeness (QED) is 0.661. The van der Waals surface area contributed by atoms with Crippen molar-refractivity contribution in [3.63, 3.8) is 0 Å². The number of anilines is 1. The molecule has 0 bridgehead atoms. The van der Waals surface area contributed by atoms with Gasteiger partial charge >= 0.3 is 6.18 Å². The van der Waals surface area contributed by atoms with Crippen molar-refractivity contribution in [3.05, 3.63) is 63.1 Å². The zero-order valence-electron chi connectivity index (χ0n) is 11.0. The van der Waals surface area contributed by atoms with Gasteiger partial charge in [0.05, 0.1) is 5.56 Å². The largest absolute Gasteiger partial charge is 0.416 e. The first kappa shape index (κ1) is 16.2. The number of halogens is 5. The minimum atomic E-state index is -4.42. The molecule has 2 aromatic rings. The molecule has 0 spiro atoms. The second-order valence-electron chi connectivity index (χ2n) is 4.65. The Balaban J connectivity index is 2.25. The lowest BCUT2D eigenvalue weighted by molar-refractivity contribution is -0.137. The Bertz CT molecular complexity index is 643. The van der Waals surface area contributed by atoms with Crippen LogP contribution in [-0.2, 0) is 6.18 Å². The maximum atomic E-state index is 12.8. The van der Waals surface area contributed by atoms with Gasteiger partial charge in [-0.1, -0.05) is 39.7 Å². The van der Waals surface area contributed by atoms with Crippen molar-refractivity contribution in [2.75, 3.05) is 5.32 Å². The third-order valence-corrected chi connectivity index (χ3v) is 3.67. The van der Waals surface area contributed by atoms with Gasteiger partial charge in [0.2, 0.25) is 0 Å². The molecule has 0 aromatic heterocycles. The van der Waals surface area contributed by atoms with E-state index >= 15 is 0 Å². The van der Waals surface area contributed by atoms with Crippen LogP contribution in [0.1, 0.15) is 24.1 Å². The first-order valence-corrected chi connectivity index (χ1v) is 7.32. The van der Waals surface area contributed by atoms with Crippen molar-refractivity contribution in [2.24, 2.45) is 0 Å². The molecule has 21 heavy (non-hydrogen) atoms. The summed E-state index contributed by atoms with van der Waals surface area (Å²) in [5, 5.41) is 3.08. The molecule has 0 saturated heterocycles. The molecule has 2 rings (SSSR count). The van der Waals surface area contributed by atoms with Crippen LogP contribution in [0.2, 0.25) is 5.02 Å². The molecule has 1 unspecified atom stereocenters. The fraction of sp³-hybridized carbons (Fsp3) is 0.200. The molecule has 0 saturated carbocycles. The van der Waals surface area contributed by atoms with Crippen molar-refractivity contribution in [2.45, 2.75) is 19.1 Å². The third kappa shape index (κ3) is 4.38. The summed E-state index contributed by atoms with van der Waals surface area (Å²) in [6, 6.07) is 10.9. The van der Waals surface area contributed by atoms with Crippen LogP contribution < -0.4 is 5.32 Å². The van der Waals surface area contributed by atoms with Crippen LogP contribution in [0.5, 0.6) is 0 Å². The summed E-state index contributed by atoms with van der Waals surface area (Å²) in [6.07, 6.45) is -4.42. The van der Waals surface area contributed by atoms with Crippen LogP contribution in [0, 0.1) is 0 Å². The van der Waals surface area contributed by atoms with Gasteiger partial charge in [-0.3, -0.25) is 0 Å². The smallest absolute Gasteiger partial charge is 0.378 e. The van der Waals surface area contributed by atoms with Gasteiger partial charge in [-0.2, -0.15) is 13.2 Å². The molecule has 2 aromatic carbocycles. The average Bonchev–Trinajstić information content (AvgIpc) is 2.37. The Morgan fingerprint density at radius 3 is 2.48 bits per heavy atom. The van der Waals surface area contributed by atoms with Crippen LogP contribution in [0.3, 0.4) is 0 Å². The molecule has 1 atom stereocenters. The van der Waals surface area contributed by atoms with E-state index in [0.717, 1.165) is 22.2 Å². The standard InChI is InChI=1S/C15H12BrClF3N/c1-9(10-3-2-4-12(16)5-10)21-14-7-11(15(18,19)20)6-13(17)8-14/h2-9,21H,1H3. The second kappa shape index (κ2) is 6.28. The number of hydrogen-bond donors (Lipinski definition) is 1. The lowest BCUT2D eigenvalue weighted by Gasteiger charge is -2.18. The van der Waals surface area contributed by atoms with E-state index in [1.807, 2.05) is 31.2 Å². The lowest BCUT2D eigenvalue weighted by Crippen LogP contribution is -2.09. The predicted molar refractivity (Wildman–Crippen MR) is 82.6 cm³/mol. The van der Waals surface area contributed by atoms with Crippen molar-refractivity contribution < 1.29 is 13.2 Å². The number of nitrogens with one attached hydrogen (secondary N) is 1. The topological polar surface area (TPSA) is 12.0 Å². The molecule has 0 aliphatic carbocycles. The monoisotopic (exact) mass is 377 g/mol. The molecule has 1 N–H and O–H groups in total. The van der Waals surface area contributed by atoms with Crippen molar-refractivity contribution >= 4 is 33.2 Å². The summed E-state index contributed by atoms with van der Waals surface area (Å²) in [7, 11) is 0. The summed E-state index contributed by atoms with van der Waals surface area (Å²) in [5.41, 5.74) is 0.527. The maximum absolute atomic E-state index is 12.8. The van der Waals surface area contributed by atoms with Crippen LogP contribution in [0.15, 0.2) is 46.9 Å². The molecule has 0 aliphatic rings. The summed E-state index contributed by atoms with van der Waals surface area (Å²) >= 11 is 9.13. The average molecular weight is 379 g/mol. The summed E-state index contributed by atoms with van der Waals surface area (Å²) in [6.45, 7) is 1.87. The first-order chi connectivity index (χ1) is 9.75. The number of alkyl halides is 3.